The van der Waals surface area contributed by atoms with Gasteiger partial charge < -0.3 is 14.8 Å². The Morgan fingerprint density at radius 1 is 1.33 bits per heavy atom. The van der Waals surface area contributed by atoms with Crippen LogP contribution in [0.4, 0.5) is 4.79 Å². The standard InChI is InChI=1S/C14H20Cl2N2O3/c1-14(2,3)21-13(19)17-5-4-6-20-9-11-7-10(15)8-12(16)18-11/h7-8H,4-6,9H2,1-3H3,(H,17,19). The molecular weight excluding hydrogens is 315 g/mol. The van der Waals surface area contributed by atoms with Crippen LogP contribution in [0.15, 0.2) is 12.1 Å². The average Bonchev–Trinajstić information content (AvgIpc) is 2.30. The van der Waals surface area contributed by atoms with E-state index in [1.165, 1.54) is 0 Å². The molecule has 1 heterocycles. The second-order valence-electron chi connectivity index (χ2n) is 5.43. The molecular formula is C14H20Cl2N2O3. The SMILES string of the molecule is CC(C)(C)OC(=O)NCCCOCc1cc(Cl)cc(Cl)n1. The van der Waals surface area contributed by atoms with Gasteiger partial charge in [-0.05, 0) is 39.3 Å². The number of nitrogens with one attached hydrogen (secondary N) is 1. The van der Waals surface area contributed by atoms with Gasteiger partial charge in [-0.25, -0.2) is 9.78 Å². The van der Waals surface area contributed by atoms with Crippen LogP contribution in [0.25, 0.3) is 0 Å². The Bertz CT molecular complexity index is 456. The second kappa shape index (κ2) is 8.41. The van der Waals surface area contributed by atoms with Crippen LogP contribution in [0.2, 0.25) is 10.2 Å². The monoisotopic (exact) mass is 334 g/mol. The molecule has 7 heteroatoms. The number of halogens is 2. The molecule has 5 nitrogen and oxygen atoms in total. The van der Waals surface area contributed by atoms with Crippen molar-refractivity contribution in [3.8, 4) is 0 Å². The van der Waals surface area contributed by atoms with Crippen LogP contribution < -0.4 is 5.32 Å². The maximum absolute atomic E-state index is 11.4. The van der Waals surface area contributed by atoms with Gasteiger partial charge in [0.25, 0.3) is 0 Å². The number of aromatic nitrogens is 1. The Morgan fingerprint density at radius 2 is 2.05 bits per heavy atom. The first-order chi connectivity index (χ1) is 9.76. The zero-order valence-corrected chi connectivity index (χ0v) is 13.9. The van der Waals surface area contributed by atoms with Crippen LogP contribution >= 0.6 is 23.2 Å². The lowest BCUT2D eigenvalue weighted by Gasteiger charge is -2.19. The minimum absolute atomic E-state index is 0.326. The Morgan fingerprint density at radius 3 is 2.67 bits per heavy atom. The van der Waals surface area contributed by atoms with E-state index in [2.05, 4.69) is 10.3 Å². The Balaban J connectivity index is 2.13. The van der Waals surface area contributed by atoms with Crippen LogP contribution in [0.3, 0.4) is 0 Å². The highest BCUT2D eigenvalue weighted by Crippen LogP contribution is 2.15. The van der Waals surface area contributed by atoms with Crippen molar-refractivity contribution in [2.24, 2.45) is 0 Å². The smallest absolute Gasteiger partial charge is 0.407 e. The van der Waals surface area contributed by atoms with Crippen LogP contribution in [-0.4, -0.2) is 29.8 Å². The molecule has 0 bridgehead atoms. The van der Waals surface area contributed by atoms with Crippen molar-refractivity contribution in [2.75, 3.05) is 13.2 Å². The molecule has 0 atom stereocenters. The third-order valence-corrected chi connectivity index (χ3v) is 2.61. The number of amides is 1. The molecule has 0 radical (unpaired) electrons. The molecule has 1 aromatic rings. The van der Waals surface area contributed by atoms with Gasteiger partial charge in [-0.1, -0.05) is 23.2 Å². The second-order valence-corrected chi connectivity index (χ2v) is 6.26. The molecule has 0 aliphatic rings. The largest absolute Gasteiger partial charge is 0.444 e. The number of rotatable bonds is 6. The zero-order chi connectivity index (χ0) is 15.9. The summed E-state index contributed by atoms with van der Waals surface area (Å²) in [6.07, 6.45) is 0.249. The lowest BCUT2D eigenvalue weighted by atomic mass is 10.2. The molecule has 0 aliphatic carbocycles. The molecule has 1 N–H and O–H groups in total. The number of hydrogen-bond donors (Lipinski definition) is 1. The van der Waals surface area contributed by atoms with E-state index in [-0.39, 0.29) is 0 Å². The molecule has 1 aromatic heterocycles. The number of ether oxygens (including phenoxy) is 2. The van der Waals surface area contributed by atoms with Crippen molar-refractivity contribution in [3.63, 3.8) is 0 Å². The third-order valence-electron chi connectivity index (χ3n) is 2.20. The zero-order valence-electron chi connectivity index (χ0n) is 12.4. The molecule has 1 rings (SSSR count). The van der Waals surface area contributed by atoms with Gasteiger partial charge in [0.15, 0.2) is 0 Å². The minimum Gasteiger partial charge on any atom is -0.444 e. The molecule has 0 aliphatic heterocycles. The van der Waals surface area contributed by atoms with Gasteiger partial charge in [0.1, 0.15) is 10.8 Å². The van der Waals surface area contributed by atoms with E-state index < -0.39 is 11.7 Å². The molecule has 21 heavy (non-hydrogen) atoms. The summed E-state index contributed by atoms with van der Waals surface area (Å²) in [6.45, 7) is 6.75. The predicted octanol–water partition coefficient (Wildman–Crippen LogP) is 3.82. The highest BCUT2D eigenvalue weighted by Gasteiger charge is 2.15. The summed E-state index contributed by atoms with van der Waals surface area (Å²) in [4.78, 5) is 15.5. The number of pyridine rings is 1. The van der Waals surface area contributed by atoms with E-state index in [1.807, 2.05) is 20.8 Å². The third kappa shape index (κ3) is 8.75. The van der Waals surface area contributed by atoms with Crippen LogP contribution in [0.1, 0.15) is 32.9 Å². The van der Waals surface area contributed by atoms with Crippen LogP contribution in [-0.2, 0) is 16.1 Å². The fraction of sp³-hybridized carbons (Fsp3) is 0.571. The van der Waals surface area contributed by atoms with Crippen molar-refractivity contribution >= 4 is 29.3 Å². The highest BCUT2D eigenvalue weighted by atomic mass is 35.5. The lowest BCUT2D eigenvalue weighted by molar-refractivity contribution is 0.0517. The van der Waals surface area contributed by atoms with Crippen molar-refractivity contribution in [1.82, 2.24) is 10.3 Å². The summed E-state index contributed by atoms with van der Waals surface area (Å²) < 4.78 is 10.6. The summed E-state index contributed by atoms with van der Waals surface area (Å²) in [5.41, 5.74) is 0.186. The molecule has 0 unspecified atom stereocenters. The lowest BCUT2D eigenvalue weighted by Crippen LogP contribution is -2.33. The summed E-state index contributed by atoms with van der Waals surface area (Å²) in [5, 5.41) is 3.53. The molecule has 0 spiro atoms. The minimum atomic E-state index is -0.488. The number of hydrogen-bond acceptors (Lipinski definition) is 4. The first-order valence-corrected chi connectivity index (χ1v) is 7.38. The van der Waals surface area contributed by atoms with E-state index in [9.17, 15) is 4.79 Å². The van der Waals surface area contributed by atoms with Crippen molar-refractivity contribution in [3.05, 3.63) is 28.0 Å². The number of nitrogens with zero attached hydrogens (tertiary/aromatic N) is 1. The van der Waals surface area contributed by atoms with Crippen molar-refractivity contribution in [1.29, 1.82) is 0 Å². The molecule has 0 fully saturated rings. The van der Waals surface area contributed by atoms with Crippen LogP contribution in [0, 0.1) is 0 Å². The topological polar surface area (TPSA) is 60.5 Å². The predicted molar refractivity (Wildman–Crippen MR) is 82.8 cm³/mol. The quantitative estimate of drug-likeness (QED) is 0.634. The van der Waals surface area contributed by atoms with Gasteiger partial charge in [0.05, 0.1) is 12.3 Å². The highest BCUT2D eigenvalue weighted by molar-refractivity contribution is 6.33. The fourth-order valence-electron chi connectivity index (χ4n) is 1.45. The fourth-order valence-corrected chi connectivity index (χ4v) is 1.96. The average molecular weight is 335 g/mol. The van der Waals surface area contributed by atoms with Gasteiger partial charge in [-0.15, -0.1) is 0 Å². The molecule has 1 amide bonds. The summed E-state index contributed by atoms with van der Waals surface area (Å²) in [7, 11) is 0. The van der Waals surface area contributed by atoms with E-state index in [4.69, 9.17) is 32.7 Å². The van der Waals surface area contributed by atoms with E-state index in [0.717, 1.165) is 0 Å². The maximum Gasteiger partial charge on any atom is 0.407 e. The Hall–Kier alpha value is -1.04. The first kappa shape index (κ1) is 18.0. The van der Waals surface area contributed by atoms with Gasteiger partial charge >= 0.3 is 6.09 Å². The molecule has 0 saturated carbocycles. The summed E-state index contributed by atoms with van der Waals surface area (Å²) in [6, 6.07) is 3.27. The van der Waals surface area contributed by atoms with Gasteiger partial charge in [0, 0.05) is 18.2 Å². The Labute approximate surface area is 134 Å². The normalized spacial score (nSPS) is 11.3. The van der Waals surface area contributed by atoms with E-state index >= 15 is 0 Å². The van der Waals surface area contributed by atoms with E-state index in [1.54, 1.807) is 12.1 Å². The van der Waals surface area contributed by atoms with E-state index in [0.29, 0.717) is 42.0 Å². The maximum atomic E-state index is 11.4. The molecule has 0 aromatic carbocycles. The first-order valence-electron chi connectivity index (χ1n) is 6.63. The summed E-state index contributed by atoms with van der Waals surface area (Å²) in [5.74, 6) is 0. The van der Waals surface area contributed by atoms with Gasteiger partial charge in [-0.3, -0.25) is 0 Å². The van der Waals surface area contributed by atoms with Crippen molar-refractivity contribution in [2.45, 2.75) is 39.4 Å². The number of carbonyl (C=O) groups excluding carboxylic acids is 1. The number of carbonyl (C=O) groups is 1. The number of alkyl carbamates (subject to hydrolysis) is 1. The molecule has 118 valence electrons. The van der Waals surface area contributed by atoms with Crippen LogP contribution in [0.5, 0.6) is 0 Å². The molecule has 0 saturated heterocycles. The van der Waals surface area contributed by atoms with Gasteiger partial charge in [0.2, 0.25) is 0 Å². The van der Waals surface area contributed by atoms with Gasteiger partial charge in [-0.2, -0.15) is 0 Å². The Kier molecular flexibility index (Phi) is 7.22. The summed E-state index contributed by atoms with van der Waals surface area (Å²) >= 11 is 11.6. The van der Waals surface area contributed by atoms with Crippen molar-refractivity contribution < 1.29 is 14.3 Å².